The number of esters is 2. The van der Waals surface area contributed by atoms with E-state index < -0.39 is 49.4 Å². The van der Waals surface area contributed by atoms with E-state index in [1.54, 1.807) is 0 Å². The summed E-state index contributed by atoms with van der Waals surface area (Å²) in [4.78, 5) is 25.4. The molecule has 1 saturated heterocycles. The minimum Gasteiger partial charge on any atom is -0.462 e. The highest BCUT2D eigenvalue weighted by atomic mass is 16.7. The number of unbranched alkanes of at least 4 members (excludes halogenated alkanes) is 31. The van der Waals surface area contributed by atoms with Gasteiger partial charge in [0.1, 0.15) is 31.0 Å². The number of carbonyl (C=O) groups excluding carboxylic acids is 2. The highest BCUT2D eigenvalue weighted by molar-refractivity contribution is 5.70. The molecule has 0 amide bonds. The molecule has 58 heavy (non-hydrogen) atoms. The van der Waals surface area contributed by atoms with Gasteiger partial charge in [0.15, 0.2) is 12.4 Å². The SMILES string of the molecule is CCCCCCCCCCCCCCCCCCCCC(=O)O[C@H](COC(=O)CCCCCCCCCCCCCCCCC)CO[C@@H]1O[C@H](CO)[C@H](O)C(O)C1O. The molecule has 6 atom stereocenters. The van der Waals surface area contributed by atoms with E-state index in [1.165, 1.54) is 167 Å². The zero-order valence-corrected chi connectivity index (χ0v) is 37.6. The van der Waals surface area contributed by atoms with Crippen LogP contribution in [0.1, 0.15) is 239 Å². The minimum atomic E-state index is -1.59. The van der Waals surface area contributed by atoms with Crippen molar-refractivity contribution < 1.29 is 49.0 Å². The van der Waals surface area contributed by atoms with Gasteiger partial charge >= 0.3 is 11.9 Å². The molecule has 0 spiro atoms. The Balaban J connectivity index is 2.26. The minimum absolute atomic E-state index is 0.208. The van der Waals surface area contributed by atoms with Crippen LogP contribution in [0.25, 0.3) is 0 Å². The van der Waals surface area contributed by atoms with Crippen molar-refractivity contribution in [1.82, 2.24) is 0 Å². The number of hydrogen-bond acceptors (Lipinski definition) is 10. The zero-order chi connectivity index (χ0) is 42.3. The Bertz CT molecular complexity index is 917. The van der Waals surface area contributed by atoms with Gasteiger partial charge in [-0.15, -0.1) is 0 Å². The average Bonchev–Trinajstić information content (AvgIpc) is 3.22. The lowest BCUT2D eigenvalue weighted by Gasteiger charge is -2.39. The lowest BCUT2D eigenvalue weighted by molar-refractivity contribution is -0.305. The second kappa shape index (κ2) is 39.8. The van der Waals surface area contributed by atoms with E-state index in [9.17, 15) is 30.0 Å². The lowest BCUT2D eigenvalue weighted by Crippen LogP contribution is -2.59. The third-order valence-electron chi connectivity index (χ3n) is 11.7. The van der Waals surface area contributed by atoms with Crippen molar-refractivity contribution in [3.05, 3.63) is 0 Å². The molecule has 0 aromatic heterocycles. The predicted octanol–water partition coefficient (Wildman–Crippen LogP) is 11.0. The summed E-state index contributed by atoms with van der Waals surface area (Å²) in [7, 11) is 0. The Labute approximate surface area is 355 Å². The van der Waals surface area contributed by atoms with Crippen molar-refractivity contribution in [2.24, 2.45) is 0 Å². The van der Waals surface area contributed by atoms with Gasteiger partial charge in [0, 0.05) is 12.8 Å². The highest BCUT2D eigenvalue weighted by Gasteiger charge is 2.44. The van der Waals surface area contributed by atoms with Crippen LogP contribution >= 0.6 is 0 Å². The van der Waals surface area contributed by atoms with Crippen LogP contribution in [0.3, 0.4) is 0 Å². The molecular formula is C48H92O10. The van der Waals surface area contributed by atoms with Crippen molar-refractivity contribution in [3.8, 4) is 0 Å². The Kier molecular flexibility index (Phi) is 37.6. The number of aliphatic hydroxyl groups is 4. The maximum Gasteiger partial charge on any atom is 0.306 e. The average molecular weight is 829 g/mol. The molecule has 10 nitrogen and oxygen atoms in total. The molecule has 344 valence electrons. The fourth-order valence-corrected chi connectivity index (χ4v) is 7.84. The standard InChI is InChI=1S/C48H92O10/c1-3-5-7-9-11-13-15-17-19-20-21-23-25-27-29-31-33-35-37-44(51)57-41(40-56-48-47(54)46(53)45(52)42(38-49)58-48)39-55-43(50)36-34-32-30-28-26-24-22-18-16-14-12-10-8-6-4-2/h41-42,45-49,52-54H,3-40H2,1-2H3/t41-,42-,45+,46?,47?,48-/m1/s1. The second-order valence-electron chi connectivity index (χ2n) is 17.3. The molecule has 1 aliphatic heterocycles. The Morgan fingerprint density at radius 3 is 1.17 bits per heavy atom. The van der Waals surface area contributed by atoms with E-state index in [2.05, 4.69) is 13.8 Å². The first kappa shape index (κ1) is 54.7. The molecule has 0 aromatic rings. The summed E-state index contributed by atoms with van der Waals surface area (Å²) >= 11 is 0. The fourth-order valence-electron chi connectivity index (χ4n) is 7.84. The number of hydrogen-bond donors (Lipinski definition) is 4. The van der Waals surface area contributed by atoms with Crippen molar-refractivity contribution in [2.75, 3.05) is 19.8 Å². The maximum atomic E-state index is 12.8. The molecular weight excluding hydrogens is 737 g/mol. The van der Waals surface area contributed by atoms with Crippen LogP contribution in [0, 0.1) is 0 Å². The monoisotopic (exact) mass is 829 g/mol. The van der Waals surface area contributed by atoms with Crippen LogP contribution in [0.2, 0.25) is 0 Å². The van der Waals surface area contributed by atoms with Gasteiger partial charge in [-0.05, 0) is 12.8 Å². The van der Waals surface area contributed by atoms with Crippen molar-refractivity contribution in [3.63, 3.8) is 0 Å². The molecule has 0 radical (unpaired) electrons. The van der Waals surface area contributed by atoms with Crippen LogP contribution in [-0.2, 0) is 28.5 Å². The lowest BCUT2D eigenvalue weighted by atomic mass is 9.99. The topological polar surface area (TPSA) is 152 Å². The number of aliphatic hydroxyl groups excluding tert-OH is 4. The molecule has 0 saturated carbocycles. The summed E-state index contributed by atoms with van der Waals surface area (Å²) in [5, 5.41) is 40.1. The molecule has 4 N–H and O–H groups in total. The van der Waals surface area contributed by atoms with Crippen molar-refractivity contribution in [2.45, 2.75) is 275 Å². The Morgan fingerprint density at radius 2 is 0.810 bits per heavy atom. The van der Waals surface area contributed by atoms with Crippen LogP contribution in [0.4, 0.5) is 0 Å². The summed E-state index contributed by atoms with van der Waals surface area (Å²) < 4.78 is 22.2. The second-order valence-corrected chi connectivity index (χ2v) is 17.3. The van der Waals surface area contributed by atoms with E-state index in [1.807, 2.05) is 0 Å². The van der Waals surface area contributed by atoms with Gasteiger partial charge in [-0.3, -0.25) is 9.59 Å². The molecule has 1 heterocycles. The van der Waals surface area contributed by atoms with Gasteiger partial charge in [-0.25, -0.2) is 0 Å². The van der Waals surface area contributed by atoms with Crippen molar-refractivity contribution >= 4 is 11.9 Å². The first-order chi connectivity index (χ1) is 28.3. The highest BCUT2D eigenvalue weighted by Crippen LogP contribution is 2.23. The van der Waals surface area contributed by atoms with Gasteiger partial charge in [-0.1, -0.05) is 213 Å². The number of ether oxygens (including phenoxy) is 4. The van der Waals surface area contributed by atoms with E-state index in [0.717, 1.165) is 38.5 Å². The smallest absolute Gasteiger partial charge is 0.306 e. The predicted molar refractivity (Wildman–Crippen MR) is 234 cm³/mol. The van der Waals surface area contributed by atoms with Gasteiger partial charge < -0.3 is 39.4 Å². The molecule has 0 aromatic carbocycles. The third kappa shape index (κ3) is 30.7. The molecule has 0 aliphatic carbocycles. The molecule has 1 fully saturated rings. The van der Waals surface area contributed by atoms with Gasteiger partial charge in [-0.2, -0.15) is 0 Å². The number of rotatable bonds is 42. The quantitative estimate of drug-likeness (QED) is 0.0346. The largest absolute Gasteiger partial charge is 0.462 e. The van der Waals surface area contributed by atoms with Crippen LogP contribution in [-0.4, -0.2) is 89.0 Å². The molecule has 2 unspecified atom stereocenters. The van der Waals surface area contributed by atoms with Crippen molar-refractivity contribution in [1.29, 1.82) is 0 Å². The Hall–Kier alpha value is -1.30. The maximum absolute atomic E-state index is 12.8. The summed E-state index contributed by atoms with van der Waals surface area (Å²) in [6.45, 7) is 3.47. The summed E-state index contributed by atoms with van der Waals surface area (Å²) in [6, 6.07) is 0. The molecule has 0 bridgehead atoms. The first-order valence-corrected chi connectivity index (χ1v) is 24.6. The third-order valence-corrected chi connectivity index (χ3v) is 11.7. The fraction of sp³-hybridized carbons (Fsp3) is 0.958. The van der Waals surface area contributed by atoms with E-state index >= 15 is 0 Å². The van der Waals surface area contributed by atoms with Gasteiger partial charge in [0.2, 0.25) is 0 Å². The van der Waals surface area contributed by atoms with Crippen LogP contribution in [0.15, 0.2) is 0 Å². The molecule has 1 aliphatic rings. The molecule has 1 rings (SSSR count). The summed E-state index contributed by atoms with van der Waals surface area (Å²) in [5.41, 5.74) is 0. The van der Waals surface area contributed by atoms with E-state index in [-0.39, 0.29) is 32.0 Å². The normalized spacial score (nSPS) is 20.0. The van der Waals surface area contributed by atoms with Gasteiger partial charge in [0.05, 0.1) is 13.2 Å². The molecule has 10 heteroatoms. The summed E-state index contributed by atoms with van der Waals surface area (Å²) in [5.74, 6) is -0.788. The van der Waals surface area contributed by atoms with Gasteiger partial charge in [0.25, 0.3) is 0 Å². The summed E-state index contributed by atoms with van der Waals surface area (Å²) in [6.07, 6.45) is 33.9. The first-order valence-electron chi connectivity index (χ1n) is 24.6. The van der Waals surface area contributed by atoms with Crippen LogP contribution in [0.5, 0.6) is 0 Å². The van der Waals surface area contributed by atoms with E-state index in [0.29, 0.717) is 6.42 Å². The van der Waals surface area contributed by atoms with E-state index in [4.69, 9.17) is 18.9 Å². The Morgan fingerprint density at radius 1 is 0.466 bits per heavy atom. The number of carbonyl (C=O) groups is 2. The zero-order valence-electron chi connectivity index (χ0n) is 37.6. The van der Waals surface area contributed by atoms with Crippen LogP contribution < -0.4 is 0 Å².